The summed E-state index contributed by atoms with van der Waals surface area (Å²) in [5.41, 5.74) is 2.12. The number of carboxylic acid groups (broad SMARTS) is 2. The minimum Gasteiger partial charge on any atom is -0.478 e. The number of aliphatic carboxylic acids is 1. The van der Waals surface area contributed by atoms with Crippen LogP contribution in [0.15, 0.2) is 48.0 Å². The zero-order valence-electron chi connectivity index (χ0n) is 17.5. The van der Waals surface area contributed by atoms with Gasteiger partial charge in [0.25, 0.3) is 0 Å². The molecule has 2 heterocycles. The van der Waals surface area contributed by atoms with Crippen molar-refractivity contribution < 1.29 is 19.8 Å². The van der Waals surface area contributed by atoms with Crippen LogP contribution in [0.3, 0.4) is 0 Å². The van der Waals surface area contributed by atoms with Crippen LogP contribution in [-0.2, 0) is 17.8 Å². The third-order valence-corrected chi connectivity index (χ3v) is 5.98. The molecule has 6 nitrogen and oxygen atoms in total. The van der Waals surface area contributed by atoms with Crippen LogP contribution in [0.4, 0.5) is 0 Å². The third-order valence-electron chi connectivity index (χ3n) is 5.07. The van der Waals surface area contributed by atoms with E-state index < -0.39 is 11.9 Å². The standard InChI is InChI=1S/C24H26N2O4S/c1-2-3-4-5-8-22-25-15-19(14-20(24(29)30)21-7-6-13-31-21)26(22)16-17-9-11-18(12-10-17)23(27)28/h6-7,9-15H,2-5,8,16H2,1H3,(H,27,28)(H,29,30)/b20-14+. The summed E-state index contributed by atoms with van der Waals surface area (Å²) in [7, 11) is 0. The van der Waals surface area contributed by atoms with E-state index in [-0.39, 0.29) is 11.1 Å². The molecule has 0 bridgehead atoms. The summed E-state index contributed by atoms with van der Waals surface area (Å²) in [4.78, 5) is 28.3. The lowest BCUT2D eigenvalue weighted by Crippen LogP contribution is -2.08. The second kappa shape index (κ2) is 10.7. The second-order valence-electron chi connectivity index (χ2n) is 7.34. The van der Waals surface area contributed by atoms with Crippen molar-refractivity contribution in [2.75, 3.05) is 0 Å². The molecular weight excluding hydrogens is 412 g/mol. The van der Waals surface area contributed by atoms with E-state index in [1.807, 2.05) is 16.0 Å². The van der Waals surface area contributed by atoms with E-state index in [9.17, 15) is 14.7 Å². The number of thiophene rings is 1. The highest BCUT2D eigenvalue weighted by molar-refractivity contribution is 7.11. The highest BCUT2D eigenvalue weighted by Crippen LogP contribution is 2.24. The highest BCUT2D eigenvalue weighted by Gasteiger charge is 2.15. The van der Waals surface area contributed by atoms with Crippen LogP contribution in [0.2, 0.25) is 0 Å². The summed E-state index contributed by atoms with van der Waals surface area (Å²) in [5, 5.41) is 20.7. The molecule has 0 aliphatic heterocycles. The zero-order valence-corrected chi connectivity index (χ0v) is 18.3. The van der Waals surface area contributed by atoms with Crippen LogP contribution in [0.1, 0.15) is 64.9 Å². The molecule has 3 aromatic rings. The van der Waals surface area contributed by atoms with E-state index in [2.05, 4.69) is 11.9 Å². The van der Waals surface area contributed by atoms with Crippen LogP contribution in [0.25, 0.3) is 11.6 Å². The molecule has 0 atom stereocenters. The largest absolute Gasteiger partial charge is 0.478 e. The summed E-state index contributed by atoms with van der Waals surface area (Å²) >= 11 is 1.38. The Labute approximate surface area is 185 Å². The number of imidazole rings is 1. The number of aromatic carboxylic acids is 1. The summed E-state index contributed by atoms with van der Waals surface area (Å²) in [5.74, 6) is -1.04. The van der Waals surface area contributed by atoms with Crippen molar-refractivity contribution in [2.24, 2.45) is 0 Å². The number of carbonyl (C=O) groups is 2. The molecule has 0 aliphatic rings. The fraction of sp³-hybridized carbons (Fsp3) is 0.292. The predicted octanol–water partition coefficient (Wildman–Crippen LogP) is 5.44. The van der Waals surface area contributed by atoms with Gasteiger partial charge in [-0.15, -0.1) is 11.3 Å². The van der Waals surface area contributed by atoms with E-state index in [4.69, 9.17) is 5.11 Å². The van der Waals surface area contributed by atoms with Crippen molar-refractivity contribution in [2.45, 2.75) is 45.6 Å². The van der Waals surface area contributed by atoms with Crippen LogP contribution in [0, 0.1) is 0 Å². The molecule has 7 heteroatoms. The smallest absolute Gasteiger partial charge is 0.337 e. The lowest BCUT2D eigenvalue weighted by molar-refractivity contribution is -0.130. The average molecular weight is 439 g/mol. The average Bonchev–Trinajstić information content (AvgIpc) is 3.40. The molecule has 0 fully saturated rings. The van der Waals surface area contributed by atoms with Gasteiger partial charge in [-0.05, 0) is 41.6 Å². The first kappa shape index (κ1) is 22.5. The Balaban J connectivity index is 1.94. The van der Waals surface area contributed by atoms with Crippen molar-refractivity contribution in [3.63, 3.8) is 0 Å². The molecule has 31 heavy (non-hydrogen) atoms. The quantitative estimate of drug-likeness (QED) is 0.307. The molecule has 2 aromatic heterocycles. The van der Waals surface area contributed by atoms with Crippen molar-refractivity contribution in [1.82, 2.24) is 9.55 Å². The van der Waals surface area contributed by atoms with Gasteiger partial charge in [-0.25, -0.2) is 14.6 Å². The van der Waals surface area contributed by atoms with Crippen molar-refractivity contribution >= 4 is 34.9 Å². The molecule has 0 aliphatic carbocycles. The van der Waals surface area contributed by atoms with Crippen LogP contribution < -0.4 is 0 Å². The van der Waals surface area contributed by atoms with Gasteiger partial charge in [0.2, 0.25) is 0 Å². The lowest BCUT2D eigenvalue weighted by Gasteiger charge is -2.12. The number of aromatic nitrogens is 2. The fourth-order valence-electron chi connectivity index (χ4n) is 3.39. The molecule has 0 saturated heterocycles. The number of benzene rings is 1. The summed E-state index contributed by atoms with van der Waals surface area (Å²) in [6, 6.07) is 10.4. The van der Waals surface area contributed by atoms with E-state index in [1.54, 1.807) is 42.6 Å². The van der Waals surface area contributed by atoms with Gasteiger partial charge in [0.05, 0.1) is 23.0 Å². The molecule has 162 valence electrons. The topological polar surface area (TPSA) is 92.4 Å². The Morgan fingerprint density at radius 3 is 2.48 bits per heavy atom. The molecule has 3 rings (SSSR count). The maximum Gasteiger partial charge on any atom is 0.337 e. The van der Waals surface area contributed by atoms with Gasteiger partial charge < -0.3 is 14.8 Å². The SMILES string of the molecule is CCCCCCc1ncc(/C=C(/C(=O)O)c2cccs2)n1Cc1ccc(C(=O)O)cc1. The van der Waals surface area contributed by atoms with Gasteiger partial charge in [-0.2, -0.15) is 0 Å². The van der Waals surface area contributed by atoms with Gasteiger partial charge in [-0.1, -0.05) is 44.4 Å². The first-order chi connectivity index (χ1) is 15.0. The number of hydrogen-bond donors (Lipinski definition) is 2. The van der Waals surface area contributed by atoms with Crippen LogP contribution in [-0.4, -0.2) is 31.7 Å². The maximum atomic E-state index is 11.9. The summed E-state index contributed by atoms with van der Waals surface area (Å²) in [6.07, 6.45) is 8.66. The predicted molar refractivity (Wildman–Crippen MR) is 122 cm³/mol. The number of aryl methyl sites for hydroxylation is 1. The first-order valence-corrected chi connectivity index (χ1v) is 11.2. The molecule has 2 N–H and O–H groups in total. The van der Waals surface area contributed by atoms with Gasteiger partial charge in [-0.3, -0.25) is 0 Å². The molecule has 0 unspecified atom stereocenters. The Morgan fingerprint density at radius 2 is 1.87 bits per heavy atom. The van der Waals surface area contributed by atoms with E-state index in [1.165, 1.54) is 17.8 Å². The van der Waals surface area contributed by atoms with E-state index in [0.29, 0.717) is 11.4 Å². The number of nitrogens with zero attached hydrogens (tertiary/aromatic N) is 2. The molecule has 0 amide bonds. The Bertz CT molecular complexity index is 1050. The van der Waals surface area contributed by atoms with Crippen molar-refractivity contribution in [3.8, 4) is 0 Å². The monoisotopic (exact) mass is 438 g/mol. The van der Waals surface area contributed by atoms with Crippen molar-refractivity contribution in [1.29, 1.82) is 0 Å². The fourth-order valence-corrected chi connectivity index (χ4v) is 4.12. The molecule has 0 saturated carbocycles. The van der Waals surface area contributed by atoms with Gasteiger partial charge in [0.1, 0.15) is 5.82 Å². The molecule has 1 aromatic carbocycles. The number of unbranched alkanes of at least 4 members (excludes halogenated alkanes) is 3. The van der Waals surface area contributed by atoms with Crippen LogP contribution in [0.5, 0.6) is 0 Å². The number of rotatable bonds is 11. The van der Waals surface area contributed by atoms with Crippen LogP contribution >= 0.6 is 11.3 Å². The zero-order chi connectivity index (χ0) is 22.2. The molecule has 0 radical (unpaired) electrons. The number of hydrogen-bond acceptors (Lipinski definition) is 4. The number of carboxylic acids is 2. The third kappa shape index (κ3) is 5.92. The van der Waals surface area contributed by atoms with Gasteiger partial charge >= 0.3 is 11.9 Å². The van der Waals surface area contributed by atoms with Gasteiger partial charge in [0, 0.05) is 17.8 Å². The Morgan fingerprint density at radius 1 is 1.10 bits per heavy atom. The lowest BCUT2D eigenvalue weighted by atomic mass is 10.1. The summed E-state index contributed by atoms with van der Waals surface area (Å²) < 4.78 is 2.03. The molecule has 0 spiro atoms. The minimum atomic E-state index is -0.981. The minimum absolute atomic E-state index is 0.231. The van der Waals surface area contributed by atoms with Gasteiger partial charge in [0.15, 0.2) is 0 Å². The van der Waals surface area contributed by atoms with E-state index >= 15 is 0 Å². The Hall–Kier alpha value is -3.19. The van der Waals surface area contributed by atoms with E-state index in [0.717, 1.165) is 42.8 Å². The second-order valence-corrected chi connectivity index (χ2v) is 8.29. The maximum absolute atomic E-state index is 11.9. The van der Waals surface area contributed by atoms with Crippen molar-refractivity contribution in [3.05, 3.63) is 75.5 Å². The summed E-state index contributed by atoms with van der Waals surface area (Å²) in [6.45, 7) is 2.66. The first-order valence-electron chi connectivity index (χ1n) is 10.3. The normalized spacial score (nSPS) is 11.6. The highest BCUT2D eigenvalue weighted by atomic mass is 32.1. The Kier molecular flexibility index (Phi) is 7.78. The molecular formula is C24H26N2O4S.